The van der Waals surface area contributed by atoms with Gasteiger partial charge in [-0.3, -0.25) is 4.79 Å². The van der Waals surface area contributed by atoms with E-state index < -0.39 is 15.7 Å². The molecule has 4 rings (SSSR count). The van der Waals surface area contributed by atoms with Crippen molar-refractivity contribution in [3.8, 4) is 11.5 Å². The van der Waals surface area contributed by atoms with Gasteiger partial charge in [-0.15, -0.1) is 0 Å². The number of anilines is 1. The topological polar surface area (TPSA) is 85.3 Å². The van der Waals surface area contributed by atoms with Gasteiger partial charge >= 0.3 is 0 Å². The highest BCUT2D eigenvalue weighted by molar-refractivity contribution is 8.16. The maximum atomic E-state index is 13.1. The Hall–Kier alpha value is -2.59. The average Bonchev–Trinajstić information content (AvgIpc) is 3.19. The van der Waals surface area contributed by atoms with E-state index in [1.54, 1.807) is 42.3 Å². The van der Waals surface area contributed by atoms with Crippen LogP contribution in [0.3, 0.4) is 0 Å². The van der Waals surface area contributed by atoms with E-state index in [4.69, 9.17) is 9.47 Å². The molecule has 0 spiro atoms. The summed E-state index contributed by atoms with van der Waals surface area (Å²) >= 11 is 1.29. The molecule has 2 fully saturated rings. The summed E-state index contributed by atoms with van der Waals surface area (Å²) in [5.74, 6) is 0.320. The number of rotatable bonds is 5. The van der Waals surface area contributed by atoms with Gasteiger partial charge in [0, 0.05) is 11.3 Å². The van der Waals surface area contributed by atoms with Crippen LogP contribution in [0.2, 0.25) is 0 Å². The predicted molar refractivity (Wildman–Crippen MR) is 118 cm³/mol. The van der Waals surface area contributed by atoms with Gasteiger partial charge in [0.15, 0.2) is 15.0 Å². The first-order chi connectivity index (χ1) is 14.8. The summed E-state index contributed by atoms with van der Waals surface area (Å²) in [4.78, 5) is 18.7. The number of aliphatic imine (C=N–C) groups is 1. The van der Waals surface area contributed by atoms with Gasteiger partial charge in [-0.1, -0.05) is 23.9 Å². The summed E-state index contributed by atoms with van der Waals surface area (Å²) in [5.41, 5.74) is 1.27. The number of carbonyl (C=O) groups is 1. The summed E-state index contributed by atoms with van der Waals surface area (Å²) in [7, 11) is -0.130. The van der Waals surface area contributed by atoms with E-state index in [0.29, 0.717) is 27.9 Å². The van der Waals surface area contributed by atoms with Crippen molar-refractivity contribution in [3.63, 3.8) is 0 Å². The summed E-state index contributed by atoms with van der Waals surface area (Å²) in [5, 5.41) is 0.203. The maximum absolute atomic E-state index is 13.1. The molecule has 31 heavy (non-hydrogen) atoms. The number of carbonyl (C=O) groups excluding carboxylic acids is 1. The van der Waals surface area contributed by atoms with Crippen LogP contribution in [0.15, 0.2) is 47.5 Å². The largest absolute Gasteiger partial charge is 0.497 e. The average molecular weight is 465 g/mol. The molecule has 2 heterocycles. The van der Waals surface area contributed by atoms with Crippen molar-refractivity contribution in [1.82, 2.24) is 0 Å². The Morgan fingerprint density at radius 2 is 1.90 bits per heavy atom. The monoisotopic (exact) mass is 464 g/mol. The third-order valence-electron chi connectivity index (χ3n) is 5.20. The van der Waals surface area contributed by atoms with Gasteiger partial charge in [0.2, 0.25) is 0 Å². The first-order valence-corrected chi connectivity index (χ1v) is 12.2. The minimum atomic E-state index is -3.19. The molecular weight excluding hydrogens is 443 g/mol. The highest BCUT2D eigenvalue weighted by atomic mass is 32.2. The zero-order valence-electron chi connectivity index (χ0n) is 16.9. The van der Waals surface area contributed by atoms with Crippen molar-refractivity contribution in [2.75, 3.05) is 30.6 Å². The van der Waals surface area contributed by atoms with Crippen LogP contribution < -0.4 is 14.4 Å². The summed E-state index contributed by atoms with van der Waals surface area (Å²) in [6.45, 7) is 0. The van der Waals surface area contributed by atoms with Gasteiger partial charge in [0.1, 0.15) is 17.3 Å². The molecule has 0 bridgehead atoms. The van der Waals surface area contributed by atoms with E-state index >= 15 is 0 Å². The van der Waals surface area contributed by atoms with E-state index in [-0.39, 0.29) is 35.0 Å². The summed E-state index contributed by atoms with van der Waals surface area (Å²) in [6, 6.07) is 10.5. The van der Waals surface area contributed by atoms with Gasteiger partial charge in [-0.25, -0.2) is 12.8 Å². The second-order valence-electron chi connectivity index (χ2n) is 7.30. The van der Waals surface area contributed by atoms with Crippen LogP contribution in [-0.4, -0.2) is 56.5 Å². The fraction of sp³-hybridized carbons (Fsp3) is 0.333. The van der Waals surface area contributed by atoms with E-state index in [9.17, 15) is 17.6 Å². The Balaban J connectivity index is 1.69. The molecule has 2 aliphatic rings. The number of thioether (sulfide) groups is 1. The molecule has 2 aliphatic heterocycles. The van der Waals surface area contributed by atoms with Crippen molar-refractivity contribution < 1.29 is 27.1 Å². The van der Waals surface area contributed by atoms with Crippen LogP contribution in [-0.2, 0) is 21.1 Å². The number of hydrogen-bond acceptors (Lipinski definition) is 6. The molecule has 10 heteroatoms. The summed E-state index contributed by atoms with van der Waals surface area (Å²) in [6.07, 6.45) is 0.0194. The van der Waals surface area contributed by atoms with Crippen LogP contribution >= 0.6 is 11.8 Å². The molecular formula is C21H21FN2O5S2. The minimum absolute atomic E-state index is 0.0194. The highest BCUT2D eigenvalue weighted by Gasteiger charge is 2.50. The molecule has 164 valence electrons. The molecule has 0 saturated carbocycles. The van der Waals surface area contributed by atoms with Crippen LogP contribution in [0.1, 0.15) is 5.56 Å². The van der Waals surface area contributed by atoms with Crippen molar-refractivity contribution >= 4 is 38.4 Å². The van der Waals surface area contributed by atoms with E-state index in [1.807, 2.05) is 0 Å². The lowest BCUT2D eigenvalue weighted by atomic mass is 10.1. The SMILES string of the molecule is COc1ccc(N2C(=NC(=O)Cc3ccc(F)cc3)S[C@H]3CS(=O)(=O)C[C@H]32)c(OC)c1. The highest BCUT2D eigenvalue weighted by Crippen LogP contribution is 2.44. The number of benzene rings is 2. The van der Waals surface area contributed by atoms with Crippen LogP contribution in [0.4, 0.5) is 10.1 Å². The number of fused-ring (bicyclic) bond motifs is 1. The molecule has 0 N–H and O–H groups in total. The van der Waals surface area contributed by atoms with Gasteiger partial charge in [0.25, 0.3) is 5.91 Å². The smallest absolute Gasteiger partial charge is 0.252 e. The molecule has 1 amide bonds. The van der Waals surface area contributed by atoms with Crippen LogP contribution in [0.5, 0.6) is 11.5 Å². The molecule has 2 saturated heterocycles. The van der Waals surface area contributed by atoms with Gasteiger partial charge < -0.3 is 14.4 Å². The number of ether oxygens (including phenoxy) is 2. The Bertz CT molecular complexity index is 1130. The number of amides is 1. The van der Waals surface area contributed by atoms with Crippen molar-refractivity contribution in [2.45, 2.75) is 17.7 Å². The van der Waals surface area contributed by atoms with E-state index in [2.05, 4.69) is 4.99 Å². The number of nitrogens with zero attached hydrogens (tertiary/aromatic N) is 2. The minimum Gasteiger partial charge on any atom is -0.497 e. The normalized spacial score (nSPS) is 23.1. The Labute approximate surface area is 184 Å². The van der Waals surface area contributed by atoms with Crippen LogP contribution in [0, 0.1) is 5.82 Å². The summed E-state index contributed by atoms with van der Waals surface area (Å²) < 4.78 is 48.4. The van der Waals surface area contributed by atoms with Crippen molar-refractivity contribution in [1.29, 1.82) is 0 Å². The van der Waals surface area contributed by atoms with Crippen molar-refractivity contribution in [3.05, 3.63) is 53.8 Å². The molecule has 0 unspecified atom stereocenters. The number of amidine groups is 1. The third-order valence-corrected chi connectivity index (χ3v) is 8.41. The lowest BCUT2D eigenvalue weighted by Crippen LogP contribution is -2.38. The standard InChI is InChI=1S/C21H21FN2O5S2/c1-28-15-7-8-16(18(10-15)29-2)24-17-11-31(26,27)12-19(17)30-21(24)23-20(25)9-13-3-5-14(22)6-4-13/h3-8,10,17,19H,9,11-12H2,1-2H3/t17-,19+/m1/s1. The number of methoxy groups -OCH3 is 2. The molecule has 2 aromatic carbocycles. The Morgan fingerprint density at radius 3 is 2.58 bits per heavy atom. The molecule has 0 aromatic heterocycles. The lowest BCUT2D eigenvalue weighted by molar-refractivity contribution is -0.117. The molecule has 0 radical (unpaired) electrons. The third kappa shape index (κ3) is 4.54. The Kier molecular flexibility index (Phi) is 5.94. The molecule has 2 aromatic rings. The second-order valence-corrected chi connectivity index (χ2v) is 10.7. The maximum Gasteiger partial charge on any atom is 0.252 e. The van der Waals surface area contributed by atoms with Gasteiger partial charge in [-0.2, -0.15) is 4.99 Å². The van der Waals surface area contributed by atoms with Crippen LogP contribution in [0.25, 0.3) is 0 Å². The Morgan fingerprint density at radius 1 is 1.16 bits per heavy atom. The second kappa shape index (κ2) is 8.51. The predicted octanol–water partition coefficient (Wildman–Crippen LogP) is 2.69. The van der Waals surface area contributed by atoms with E-state index in [0.717, 1.165) is 0 Å². The first kappa shape index (κ1) is 21.6. The first-order valence-electron chi connectivity index (χ1n) is 9.54. The van der Waals surface area contributed by atoms with E-state index in [1.165, 1.54) is 31.0 Å². The number of halogens is 1. The lowest BCUT2D eigenvalue weighted by Gasteiger charge is -2.26. The zero-order chi connectivity index (χ0) is 22.2. The number of hydrogen-bond donors (Lipinski definition) is 0. The number of sulfone groups is 1. The molecule has 7 nitrogen and oxygen atoms in total. The zero-order valence-corrected chi connectivity index (χ0v) is 18.6. The fourth-order valence-electron chi connectivity index (χ4n) is 3.75. The molecule has 0 aliphatic carbocycles. The quantitative estimate of drug-likeness (QED) is 0.673. The van der Waals surface area contributed by atoms with Crippen molar-refractivity contribution in [2.24, 2.45) is 4.99 Å². The van der Waals surface area contributed by atoms with Gasteiger partial charge in [0.05, 0.1) is 43.9 Å². The fourth-order valence-corrected chi connectivity index (χ4v) is 7.68. The molecule has 2 atom stereocenters. The van der Waals surface area contributed by atoms with Gasteiger partial charge in [-0.05, 0) is 29.8 Å².